The Labute approximate surface area is 160 Å². The molecule has 0 saturated carbocycles. The van der Waals surface area contributed by atoms with Crippen LogP contribution in [-0.4, -0.2) is 43.0 Å². The number of carbonyl (C=O) groups is 1. The number of hydrogen-bond donors (Lipinski definition) is 1. The molecule has 2 heterocycles. The van der Waals surface area contributed by atoms with Gasteiger partial charge in [-0.3, -0.25) is 9.48 Å². The molecule has 0 aliphatic rings. The standard InChI is InChI=1S/C19H17N7O2/c1-28-18-10-16(9-17(11-18)26-13-20-23-24-26)22-19(27)15-5-2-4-14(8-15)12-25-7-3-6-21-25/h2-11,13H,12H2,1H3,(H,22,27). The average molecular weight is 375 g/mol. The van der Waals surface area contributed by atoms with E-state index in [4.69, 9.17) is 4.74 Å². The third kappa shape index (κ3) is 3.88. The quantitative estimate of drug-likeness (QED) is 0.554. The van der Waals surface area contributed by atoms with Crippen molar-refractivity contribution in [3.8, 4) is 11.4 Å². The molecule has 28 heavy (non-hydrogen) atoms. The number of tetrazole rings is 1. The Hall–Kier alpha value is -4.01. The number of ether oxygens (including phenoxy) is 1. The molecule has 4 aromatic rings. The molecule has 4 rings (SSSR count). The molecule has 9 heteroatoms. The number of benzene rings is 2. The van der Waals surface area contributed by atoms with Crippen LogP contribution in [0.2, 0.25) is 0 Å². The number of carbonyl (C=O) groups excluding carboxylic acids is 1. The van der Waals surface area contributed by atoms with Crippen LogP contribution in [0.4, 0.5) is 5.69 Å². The van der Waals surface area contributed by atoms with E-state index >= 15 is 0 Å². The summed E-state index contributed by atoms with van der Waals surface area (Å²) >= 11 is 0. The lowest BCUT2D eigenvalue weighted by Gasteiger charge is -2.11. The van der Waals surface area contributed by atoms with E-state index in [9.17, 15) is 4.79 Å². The van der Waals surface area contributed by atoms with Crippen LogP contribution in [0.15, 0.2) is 67.3 Å². The van der Waals surface area contributed by atoms with Crippen molar-refractivity contribution in [1.82, 2.24) is 30.0 Å². The van der Waals surface area contributed by atoms with Crippen molar-refractivity contribution < 1.29 is 9.53 Å². The maximum absolute atomic E-state index is 12.7. The topological polar surface area (TPSA) is 99.8 Å². The lowest BCUT2D eigenvalue weighted by atomic mass is 10.1. The zero-order valence-electron chi connectivity index (χ0n) is 15.1. The smallest absolute Gasteiger partial charge is 0.255 e. The van der Waals surface area contributed by atoms with Gasteiger partial charge in [-0.1, -0.05) is 12.1 Å². The van der Waals surface area contributed by atoms with Crippen LogP contribution in [0.3, 0.4) is 0 Å². The maximum Gasteiger partial charge on any atom is 0.255 e. The van der Waals surface area contributed by atoms with Crippen LogP contribution in [0.25, 0.3) is 5.69 Å². The van der Waals surface area contributed by atoms with Crippen LogP contribution >= 0.6 is 0 Å². The van der Waals surface area contributed by atoms with E-state index in [1.807, 2.05) is 30.5 Å². The molecule has 2 aromatic heterocycles. The molecule has 0 aliphatic heterocycles. The van der Waals surface area contributed by atoms with Crippen LogP contribution in [0.5, 0.6) is 5.75 Å². The Morgan fingerprint density at radius 3 is 2.86 bits per heavy atom. The fourth-order valence-electron chi connectivity index (χ4n) is 2.78. The van der Waals surface area contributed by atoms with Gasteiger partial charge >= 0.3 is 0 Å². The minimum absolute atomic E-state index is 0.224. The molecule has 0 unspecified atom stereocenters. The van der Waals surface area contributed by atoms with Gasteiger partial charge in [-0.25, -0.2) is 4.68 Å². The van der Waals surface area contributed by atoms with Crippen LogP contribution in [0, 0.1) is 0 Å². The van der Waals surface area contributed by atoms with Gasteiger partial charge in [0.1, 0.15) is 12.1 Å². The summed E-state index contributed by atoms with van der Waals surface area (Å²) in [6.45, 7) is 0.594. The molecular weight excluding hydrogens is 358 g/mol. The van der Waals surface area contributed by atoms with E-state index < -0.39 is 0 Å². The zero-order valence-corrected chi connectivity index (χ0v) is 15.1. The lowest BCUT2D eigenvalue weighted by Crippen LogP contribution is -2.13. The maximum atomic E-state index is 12.7. The summed E-state index contributed by atoms with van der Waals surface area (Å²) in [6.07, 6.45) is 5.07. The number of hydrogen-bond acceptors (Lipinski definition) is 6. The highest BCUT2D eigenvalue weighted by atomic mass is 16.5. The minimum Gasteiger partial charge on any atom is -0.497 e. The van der Waals surface area contributed by atoms with Crippen molar-refractivity contribution in [2.45, 2.75) is 6.54 Å². The Kier molecular flexibility index (Phi) is 4.79. The molecule has 0 saturated heterocycles. The fourth-order valence-corrected chi connectivity index (χ4v) is 2.78. The van der Waals surface area contributed by atoms with Crippen molar-refractivity contribution in [3.05, 3.63) is 78.4 Å². The summed E-state index contributed by atoms with van der Waals surface area (Å²) in [4.78, 5) is 12.7. The van der Waals surface area contributed by atoms with Gasteiger partial charge in [-0.05, 0) is 40.3 Å². The highest BCUT2D eigenvalue weighted by molar-refractivity contribution is 6.04. The third-order valence-corrected chi connectivity index (χ3v) is 4.09. The van der Waals surface area contributed by atoms with E-state index in [-0.39, 0.29) is 5.91 Å². The lowest BCUT2D eigenvalue weighted by molar-refractivity contribution is 0.102. The Balaban J connectivity index is 1.56. The van der Waals surface area contributed by atoms with Gasteiger partial charge in [0.05, 0.1) is 19.3 Å². The van der Waals surface area contributed by atoms with E-state index in [2.05, 4.69) is 25.9 Å². The molecular formula is C19H17N7O2. The predicted octanol–water partition coefficient (Wildman–Crippen LogP) is 2.17. The monoisotopic (exact) mass is 375 g/mol. The Bertz CT molecular complexity index is 1080. The molecule has 0 bridgehead atoms. The number of rotatable bonds is 6. The van der Waals surface area contributed by atoms with Gasteiger partial charge in [0.15, 0.2) is 0 Å². The molecule has 0 fully saturated rings. The first-order valence-corrected chi connectivity index (χ1v) is 8.51. The predicted molar refractivity (Wildman–Crippen MR) is 101 cm³/mol. The molecule has 0 atom stereocenters. The van der Waals surface area contributed by atoms with Gasteiger partial charge in [0.25, 0.3) is 5.91 Å². The molecule has 0 spiro atoms. The summed E-state index contributed by atoms with van der Waals surface area (Å²) in [5.41, 5.74) is 2.78. The van der Waals surface area contributed by atoms with Crippen molar-refractivity contribution in [3.63, 3.8) is 0 Å². The van der Waals surface area contributed by atoms with Gasteiger partial charge < -0.3 is 10.1 Å². The number of nitrogens with one attached hydrogen (secondary N) is 1. The van der Waals surface area contributed by atoms with E-state index in [0.29, 0.717) is 29.2 Å². The second-order valence-electron chi connectivity index (χ2n) is 6.03. The van der Waals surface area contributed by atoms with Crippen LogP contribution in [0.1, 0.15) is 15.9 Å². The van der Waals surface area contributed by atoms with Crippen molar-refractivity contribution in [1.29, 1.82) is 0 Å². The summed E-state index contributed by atoms with van der Waals surface area (Å²) in [5, 5.41) is 18.2. The van der Waals surface area contributed by atoms with Gasteiger partial charge in [-0.15, -0.1) is 5.10 Å². The molecule has 2 aromatic carbocycles. The number of nitrogens with zero attached hydrogens (tertiary/aromatic N) is 6. The molecule has 1 N–H and O–H groups in total. The summed E-state index contributed by atoms with van der Waals surface area (Å²) in [6, 6.07) is 14.6. The van der Waals surface area contributed by atoms with Crippen LogP contribution < -0.4 is 10.1 Å². The normalized spacial score (nSPS) is 10.6. The zero-order chi connectivity index (χ0) is 19.3. The Morgan fingerprint density at radius 1 is 1.18 bits per heavy atom. The minimum atomic E-state index is -0.224. The van der Waals surface area contributed by atoms with Crippen molar-refractivity contribution in [2.24, 2.45) is 0 Å². The second-order valence-corrected chi connectivity index (χ2v) is 6.03. The number of anilines is 1. The second kappa shape index (κ2) is 7.70. The summed E-state index contributed by atoms with van der Waals surface area (Å²) in [7, 11) is 1.56. The first-order valence-electron chi connectivity index (χ1n) is 8.51. The van der Waals surface area contributed by atoms with E-state index in [0.717, 1.165) is 5.56 Å². The number of methoxy groups -OCH3 is 1. The molecule has 9 nitrogen and oxygen atoms in total. The van der Waals surface area contributed by atoms with Crippen molar-refractivity contribution >= 4 is 11.6 Å². The van der Waals surface area contributed by atoms with Gasteiger partial charge in [0.2, 0.25) is 0 Å². The summed E-state index contributed by atoms with van der Waals surface area (Å²) in [5.74, 6) is 0.356. The molecule has 1 amide bonds. The first kappa shape index (κ1) is 17.4. The molecule has 140 valence electrons. The first-order chi connectivity index (χ1) is 13.7. The van der Waals surface area contributed by atoms with E-state index in [1.54, 1.807) is 42.3 Å². The highest BCUT2D eigenvalue weighted by Gasteiger charge is 2.10. The van der Waals surface area contributed by atoms with Crippen LogP contribution in [-0.2, 0) is 6.54 Å². The van der Waals surface area contributed by atoms with Crippen molar-refractivity contribution in [2.75, 3.05) is 12.4 Å². The summed E-state index contributed by atoms with van der Waals surface area (Å²) < 4.78 is 8.61. The third-order valence-electron chi connectivity index (χ3n) is 4.09. The van der Waals surface area contributed by atoms with E-state index in [1.165, 1.54) is 11.0 Å². The average Bonchev–Trinajstić information content (AvgIpc) is 3.42. The number of aromatic nitrogens is 6. The van der Waals surface area contributed by atoms with Gasteiger partial charge in [-0.2, -0.15) is 5.10 Å². The molecule has 0 radical (unpaired) electrons. The number of amides is 1. The Morgan fingerprint density at radius 2 is 2.11 bits per heavy atom. The van der Waals surface area contributed by atoms with Gasteiger partial charge in [0, 0.05) is 35.8 Å². The molecule has 0 aliphatic carbocycles. The SMILES string of the molecule is COc1cc(NC(=O)c2cccc(Cn3cccn3)c2)cc(-n2cnnn2)c1. The highest BCUT2D eigenvalue weighted by Crippen LogP contribution is 2.23. The largest absolute Gasteiger partial charge is 0.497 e. The fraction of sp³-hybridized carbons (Fsp3) is 0.105.